The number of nitrogens with zero attached hydrogens (tertiary/aromatic N) is 4. The molecule has 2 aliphatic heterocycles. The molecule has 0 unspecified atom stereocenters. The summed E-state index contributed by atoms with van der Waals surface area (Å²) in [6, 6.07) is 12.0. The van der Waals surface area contributed by atoms with E-state index in [2.05, 4.69) is 4.98 Å². The minimum absolute atomic E-state index is 0.0666. The van der Waals surface area contributed by atoms with Crippen molar-refractivity contribution in [3.05, 3.63) is 77.9 Å². The number of anilines is 1. The molecule has 3 aromatic rings. The van der Waals surface area contributed by atoms with Crippen LogP contribution in [0, 0.1) is 0 Å². The van der Waals surface area contributed by atoms with Crippen LogP contribution in [0.15, 0.2) is 66.8 Å². The Morgan fingerprint density at radius 2 is 1.81 bits per heavy atom. The van der Waals surface area contributed by atoms with Gasteiger partial charge in [0.2, 0.25) is 0 Å². The molecule has 0 spiro atoms. The van der Waals surface area contributed by atoms with Gasteiger partial charge in [0, 0.05) is 50.8 Å². The number of fused-ring (bicyclic) bond motifs is 1. The fraction of sp³-hybridized carbons (Fsp3) is 0.296. The molecule has 1 N–H and O–H groups in total. The van der Waals surface area contributed by atoms with Crippen molar-refractivity contribution in [3.63, 3.8) is 0 Å². The second-order valence-electron chi connectivity index (χ2n) is 8.99. The van der Waals surface area contributed by atoms with Gasteiger partial charge < -0.3 is 28.9 Å². The van der Waals surface area contributed by atoms with E-state index in [0.29, 0.717) is 49.8 Å². The SMILES string of the molecule is CN(C)c1ccc([C@H]2/C(=C(\O)c3ccc4c(c3)OCCO4)C(=O)C(=O)N2CCCn2ccnc2)cc1. The molecule has 5 rings (SSSR count). The highest BCUT2D eigenvalue weighted by atomic mass is 16.6. The predicted molar refractivity (Wildman–Crippen MR) is 134 cm³/mol. The molecular formula is C27H28N4O5. The molecule has 9 heteroatoms. The first-order chi connectivity index (χ1) is 17.4. The Labute approximate surface area is 209 Å². The Morgan fingerprint density at radius 1 is 1.06 bits per heavy atom. The minimum Gasteiger partial charge on any atom is -0.507 e. The first-order valence-electron chi connectivity index (χ1n) is 11.9. The summed E-state index contributed by atoms with van der Waals surface area (Å²) in [6.07, 6.45) is 5.90. The third-order valence-corrected chi connectivity index (χ3v) is 6.46. The van der Waals surface area contributed by atoms with Gasteiger partial charge in [0.15, 0.2) is 11.5 Å². The third-order valence-electron chi connectivity index (χ3n) is 6.46. The monoisotopic (exact) mass is 488 g/mol. The fourth-order valence-corrected chi connectivity index (χ4v) is 4.60. The number of aromatic nitrogens is 2. The molecular weight excluding hydrogens is 460 g/mol. The lowest BCUT2D eigenvalue weighted by molar-refractivity contribution is -0.139. The second kappa shape index (κ2) is 9.77. The van der Waals surface area contributed by atoms with Crippen LogP contribution in [0.1, 0.15) is 23.6 Å². The number of Topliss-reactive ketones (excluding diaryl/α,β-unsaturated/α-hetero) is 1. The van der Waals surface area contributed by atoms with Gasteiger partial charge in [-0.25, -0.2) is 4.98 Å². The van der Waals surface area contributed by atoms with Gasteiger partial charge in [0.05, 0.1) is 17.9 Å². The maximum absolute atomic E-state index is 13.3. The molecule has 0 bridgehead atoms. The molecule has 1 saturated heterocycles. The zero-order chi connectivity index (χ0) is 25.2. The fourth-order valence-electron chi connectivity index (χ4n) is 4.60. The Hall–Kier alpha value is -4.27. The smallest absolute Gasteiger partial charge is 0.295 e. The lowest BCUT2D eigenvalue weighted by Gasteiger charge is -2.26. The van der Waals surface area contributed by atoms with Crippen LogP contribution in [0.5, 0.6) is 11.5 Å². The Morgan fingerprint density at radius 3 is 2.50 bits per heavy atom. The van der Waals surface area contributed by atoms with E-state index in [4.69, 9.17) is 9.47 Å². The van der Waals surface area contributed by atoms with Gasteiger partial charge in [-0.3, -0.25) is 9.59 Å². The second-order valence-corrected chi connectivity index (χ2v) is 8.99. The van der Waals surface area contributed by atoms with Crippen molar-refractivity contribution in [2.45, 2.75) is 19.0 Å². The summed E-state index contributed by atoms with van der Waals surface area (Å²) in [5.74, 6) is -0.488. The van der Waals surface area contributed by atoms with Crippen molar-refractivity contribution in [3.8, 4) is 11.5 Å². The van der Waals surface area contributed by atoms with E-state index in [-0.39, 0.29) is 11.3 Å². The minimum atomic E-state index is -0.711. The van der Waals surface area contributed by atoms with Gasteiger partial charge in [-0.1, -0.05) is 12.1 Å². The number of benzene rings is 2. The number of ketones is 1. The molecule has 0 saturated carbocycles. The Kier molecular flexibility index (Phi) is 6.37. The van der Waals surface area contributed by atoms with Crippen molar-refractivity contribution < 1.29 is 24.2 Å². The number of carbonyl (C=O) groups excluding carboxylic acids is 2. The first-order valence-corrected chi connectivity index (χ1v) is 11.9. The summed E-state index contributed by atoms with van der Waals surface area (Å²) >= 11 is 0. The molecule has 1 aromatic heterocycles. The van der Waals surface area contributed by atoms with E-state index in [1.54, 1.807) is 35.6 Å². The lowest BCUT2D eigenvalue weighted by Crippen LogP contribution is -2.31. The third kappa shape index (κ3) is 4.39. The highest BCUT2D eigenvalue weighted by molar-refractivity contribution is 6.46. The topological polar surface area (TPSA) is 97.1 Å². The van der Waals surface area contributed by atoms with Crippen LogP contribution in [-0.4, -0.2) is 65.1 Å². The standard InChI is InChI=1S/C27H28N4O5/c1-29(2)20-7-4-18(5-8-20)24-23(25(32)19-6-9-21-22(16-19)36-15-14-35-21)26(33)27(34)31(24)12-3-11-30-13-10-28-17-30/h4-10,13,16-17,24,32H,3,11-12,14-15H2,1-2H3/b25-23+/t24-/m0/s1. The van der Waals surface area contributed by atoms with Gasteiger partial charge >= 0.3 is 0 Å². The van der Waals surface area contributed by atoms with Crippen molar-refractivity contribution in [2.24, 2.45) is 0 Å². The number of likely N-dealkylation sites (tertiary alicyclic amines) is 1. The van der Waals surface area contributed by atoms with Crippen LogP contribution in [0.2, 0.25) is 0 Å². The lowest BCUT2D eigenvalue weighted by atomic mass is 9.95. The van der Waals surface area contributed by atoms with Gasteiger partial charge in [-0.2, -0.15) is 0 Å². The summed E-state index contributed by atoms with van der Waals surface area (Å²) in [5, 5.41) is 11.3. The van der Waals surface area contributed by atoms with Crippen LogP contribution in [0.3, 0.4) is 0 Å². The molecule has 2 aliphatic rings. The normalized spacial score (nSPS) is 18.5. The zero-order valence-corrected chi connectivity index (χ0v) is 20.3. The van der Waals surface area contributed by atoms with Gasteiger partial charge in [0.1, 0.15) is 19.0 Å². The van der Waals surface area contributed by atoms with Gasteiger partial charge in [-0.05, 0) is 42.3 Å². The van der Waals surface area contributed by atoms with Gasteiger partial charge in [-0.15, -0.1) is 0 Å². The Balaban J connectivity index is 1.53. The van der Waals surface area contributed by atoms with E-state index in [0.717, 1.165) is 11.3 Å². The zero-order valence-electron chi connectivity index (χ0n) is 20.3. The molecule has 186 valence electrons. The van der Waals surface area contributed by atoms with Crippen LogP contribution >= 0.6 is 0 Å². The summed E-state index contributed by atoms with van der Waals surface area (Å²) in [6.45, 7) is 1.85. The van der Waals surface area contributed by atoms with E-state index >= 15 is 0 Å². The van der Waals surface area contributed by atoms with Crippen molar-refractivity contribution in [2.75, 3.05) is 38.8 Å². The average molecular weight is 489 g/mol. The van der Waals surface area contributed by atoms with Crippen molar-refractivity contribution >= 4 is 23.1 Å². The highest BCUT2D eigenvalue weighted by Gasteiger charge is 2.45. The number of amides is 1. The highest BCUT2D eigenvalue weighted by Crippen LogP contribution is 2.41. The van der Waals surface area contributed by atoms with E-state index in [1.165, 1.54) is 0 Å². The molecule has 1 amide bonds. The molecule has 1 fully saturated rings. The molecule has 3 heterocycles. The van der Waals surface area contributed by atoms with Crippen molar-refractivity contribution in [1.82, 2.24) is 14.5 Å². The largest absolute Gasteiger partial charge is 0.507 e. The number of rotatable bonds is 7. The van der Waals surface area contributed by atoms with Crippen molar-refractivity contribution in [1.29, 1.82) is 0 Å². The maximum Gasteiger partial charge on any atom is 0.295 e. The number of carbonyl (C=O) groups is 2. The van der Waals surface area contributed by atoms with Crippen LogP contribution < -0.4 is 14.4 Å². The van der Waals surface area contributed by atoms with Crippen LogP contribution in [-0.2, 0) is 16.1 Å². The molecule has 9 nitrogen and oxygen atoms in total. The summed E-state index contributed by atoms with van der Waals surface area (Å²) in [5.41, 5.74) is 2.20. The van der Waals surface area contributed by atoms with E-state index < -0.39 is 17.7 Å². The number of imidazole rings is 1. The number of aryl methyl sites for hydroxylation is 1. The van der Waals surface area contributed by atoms with E-state index in [1.807, 2.05) is 54.0 Å². The average Bonchev–Trinajstić information content (AvgIpc) is 3.50. The molecule has 0 aliphatic carbocycles. The predicted octanol–water partition coefficient (Wildman–Crippen LogP) is 3.23. The summed E-state index contributed by atoms with van der Waals surface area (Å²) in [7, 11) is 3.89. The summed E-state index contributed by atoms with van der Waals surface area (Å²) < 4.78 is 13.1. The van der Waals surface area contributed by atoms with Crippen LogP contribution in [0.25, 0.3) is 5.76 Å². The number of aliphatic hydroxyl groups is 1. The first kappa shape index (κ1) is 23.5. The number of ether oxygens (including phenoxy) is 2. The quantitative estimate of drug-likeness (QED) is 0.310. The molecule has 2 aromatic carbocycles. The number of hydrogen-bond donors (Lipinski definition) is 1. The molecule has 0 radical (unpaired) electrons. The maximum atomic E-state index is 13.3. The van der Waals surface area contributed by atoms with E-state index in [9.17, 15) is 14.7 Å². The van der Waals surface area contributed by atoms with Gasteiger partial charge in [0.25, 0.3) is 11.7 Å². The number of hydrogen-bond acceptors (Lipinski definition) is 7. The molecule has 1 atom stereocenters. The number of aliphatic hydroxyl groups excluding tert-OH is 1. The summed E-state index contributed by atoms with van der Waals surface area (Å²) in [4.78, 5) is 34.0. The van der Waals surface area contributed by atoms with Crippen LogP contribution in [0.4, 0.5) is 5.69 Å². The molecule has 36 heavy (non-hydrogen) atoms. The Bertz CT molecular complexity index is 1300.